The predicted molar refractivity (Wildman–Crippen MR) is 259 cm³/mol. The molecule has 0 aromatic carbocycles. The van der Waals surface area contributed by atoms with Crippen molar-refractivity contribution in [3.05, 3.63) is 109 Å². The van der Waals surface area contributed by atoms with Crippen LogP contribution in [0.4, 0.5) is 0 Å². The molecule has 60 heavy (non-hydrogen) atoms. The first-order chi connectivity index (χ1) is 29.5. The number of unbranched alkanes of at least 4 members (excludes halogenated alkanes) is 16. The molecule has 0 aliphatic rings. The lowest BCUT2D eigenvalue weighted by atomic mass is 10.0. The fourth-order valence-electron chi connectivity index (χ4n) is 6.65. The van der Waals surface area contributed by atoms with Gasteiger partial charge >= 0.3 is 5.97 Å². The Morgan fingerprint density at radius 2 is 0.983 bits per heavy atom. The Bertz CT molecular complexity index is 1250. The zero-order valence-electron chi connectivity index (χ0n) is 38.5. The normalized spacial score (nSPS) is 14.3. The molecule has 1 amide bonds. The summed E-state index contributed by atoms with van der Waals surface area (Å²) >= 11 is 0. The van der Waals surface area contributed by atoms with Gasteiger partial charge < -0.3 is 20.3 Å². The topological polar surface area (TPSA) is 95.9 Å². The number of carbonyl (C=O) groups is 2. The Kier molecular flexibility index (Phi) is 43.9. The Balaban J connectivity index is 4.75. The van der Waals surface area contributed by atoms with Crippen molar-refractivity contribution in [2.45, 2.75) is 212 Å². The monoisotopic (exact) mass is 832 g/mol. The van der Waals surface area contributed by atoms with E-state index < -0.39 is 18.2 Å². The Hall–Kier alpha value is -3.48. The number of hydrogen-bond donors (Lipinski definition) is 3. The molecule has 0 saturated carbocycles. The van der Waals surface area contributed by atoms with E-state index in [2.05, 4.69) is 74.7 Å². The van der Waals surface area contributed by atoms with Gasteiger partial charge in [-0.3, -0.25) is 9.59 Å². The van der Waals surface area contributed by atoms with Crippen LogP contribution in [-0.2, 0) is 14.3 Å². The largest absolute Gasteiger partial charge is 0.462 e. The third-order valence-electron chi connectivity index (χ3n) is 10.3. The van der Waals surface area contributed by atoms with E-state index in [-0.39, 0.29) is 24.9 Å². The molecule has 0 spiro atoms. The van der Waals surface area contributed by atoms with Crippen molar-refractivity contribution in [1.29, 1.82) is 0 Å². The van der Waals surface area contributed by atoms with Crippen LogP contribution >= 0.6 is 0 Å². The van der Waals surface area contributed by atoms with Crippen LogP contribution in [0.1, 0.15) is 194 Å². The van der Waals surface area contributed by atoms with Crippen molar-refractivity contribution in [2.75, 3.05) is 6.61 Å². The van der Waals surface area contributed by atoms with E-state index in [1.807, 2.05) is 60.8 Å². The Morgan fingerprint density at radius 1 is 0.517 bits per heavy atom. The summed E-state index contributed by atoms with van der Waals surface area (Å²) in [7, 11) is 0. The summed E-state index contributed by atoms with van der Waals surface area (Å²) in [6.45, 7) is 6.18. The second-order valence-electron chi connectivity index (χ2n) is 15.9. The minimum absolute atomic E-state index is 0.0259. The zero-order valence-corrected chi connectivity index (χ0v) is 38.5. The van der Waals surface area contributed by atoms with Crippen molar-refractivity contribution >= 4 is 11.9 Å². The molecule has 0 heterocycles. The minimum atomic E-state index is -0.812. The van der Waals surface area contributed by atoms with E-state index in [9.17, 15) is 19.8 Å². The number of allylic oxidation sites excluding steroid dienone is 18. The molecular formula is C54H89NO5. The highest BCUT2D eigenvalue weighted by Crippen LogP contribution is 2.16. The van der Waals surface area contributed by atoms with E-state index in [1.54, 1.807) is 0 Å². The lowest BCUT2D eigenvalue weighted by Crippen LogP contribution is -2.46. The molecule has 3 N–H and O–H groups in total. The smallest absolute Gasteiger partial charge is 0.306 e. The molecular weight excluding hydrogens is 743 g/mol. The average Bonchev–Trinajstić information content (AvgIpc) is 3.24. The van der Waals surface area contributed by atoms with Gasteiger partial charge in [0.2, 0.25) is 5.91 Å². The standard InChI is InChI=1S/C54H89NO5/c1-4-7-10-13-16-19-22-25-26-27-28-29-32-35-38-41-44-47-54(59)60-50(45-42-39-36-33-30-23-20-17-14-11-8-5-2)48-53(58)55-51(49-56)52(57)46-43-40-37-34-31-24-21-18-15-12-9-6-3/h7-8,10-11,13,16-17,19-20,22,25-30,32-33,50-52,56-57H,4-6,9,12,14-15,18,21,23-24,31,34-49H2,1-3H3,(H,55,58)/b10-7-,11-8+,16-13+,20-17+,22-19+,26-25-,28-27+,32-29+,33-30+. The number of hydrogen-bond acceptors (Lipinski definition) is 5. The summed E-state index contributed by atoms with van der Waals surface area (Å²) in [6.07, 6.45) is 62.9. The quantitative estimate of drug-likeness (QED) is 0.0247. The highest BCUT2D eigenvalue weighted by Gasteiger charge is 2.24. The minimum Gasteiger partial charge on any atom is -0.462 e. The lowest BCUT2D eigenvalue weighted by Gasteiger charge is -2.24. The highest BCUT2D eigenvalue weighted by atomic mass is 16.5. The molecule has 0 aliphatic heterocycles. The maximum Gasteiger partial charge on any atom is 0.306 e. The van der Waals surface area contributed by atoms with Gasteiger partial charge in [0.1, 0.15) is 6.10 Å². The first-order valence-corrected chi connectivity index (χ1v) is 24.2. The summed E-state index contributed by atoms with van der Waals surface area (Å²) in [6, 6.07) is -0.729. The second-order valence-corrected chi connectivity index (χ2v) is 15.9. The van der Waals surface area contributed by atoms with Gasteiger partial charge in [0, 0.05) is 6.42 Å². The van der Waals surface area contributed by atoms with Crippen LogP contribution in [0.5, 0.6) is 0 Å². The van der Waals surface area contributed by atoms with Gasteiger partial charge in [-0.2, -0.15) is 0 Å². The summed E-state index contributed by atoms with van der Waals surface area (Å²) in [5.74, 6) is -0.576. The summed E-state index contributed by atoms with van der Waals surface area (Å²) < 4.78 is 5.88. The molecule has 6 heteroatoms. The second kappa shape index (κ2) is 46.6. The number of aliphatic hydroxyl groups excluding tert-OH is 2. The van der Waals surface area contributed by atoms with E-state index in [1.165, 1.54) is 57.8 Å². The molecule has 0 aromatic heterocycles. The molecule has 340 valence electrons. The van der Waals surface area contributed by atoms with E-state index in [0.29, 0.717) is 19.3 Å². The van der Waals surface area contributed by atoms with Crippen molar-refractivity contribution < 1.29 is 24.5 Å². The average molecular weight is 832 g/mol. The maximum absolute atomic E-state index is 13.2. The van der Waals surface area contributed by atoms with Crippen molar-refractivity contribution in [3.63, 3.8) is 0 Å². The van der Waals surface area contributed by atoms with Gasteiger partial charge in [-0.15, -0.1) is 0 Å². The lowest BCUT2D eigenvalue weighted by molar-refractivity contribution is -0.151. The molecule has 3 atom stereocenters. The fourth-order valence-corrected chi connectivity index (χ4v) is 6.65. The molecule has 0 fully saturated rings. The number of rotatable bonds is 41. The third kappa shape index (κ3) is 41.3. The molecule has 0 aliphatic carbocycles. The Morgan fingerprint density at radius 3 is 1.57 bits per heavy atom. The van der Waals surface area contributed by atoms with Gasteiger partial charge in [0.25, 0.3) is 0 Å². The van der Waals surface area contributed by atoms with Crippen LogP contribution in [0.15, 0.2) is 109 Å². The maximum atomic E-state index is 13.2. The van der Waals surface area contributed by atoms with E-state index in [4.69, 9.17) is 4.74 Å². The van der Waals surface area contributed by atoms with Crippen molar-refractivity contribution in [2.24, 2.45) is 0 Å². The van der Waals surface area contributed by atoms with Gasteiger partial charge in [-0.25, -0.2) is 0 Å². The third-order valence-corrected chi connectivity index (χ3v) is 10.3. The van der Waals surface area contributed by atoms with Gasteiger partial charge in [0.15, 0.2) is 0 Å². The van der Waals surface area contributed by atoms with Crippen molar-refractivity contribution in [3.8, 4) is 0 Å². The van der Waals surface area contributed by atoms with Crippen LogP contribution < -0.4 is 5.32 Å². The molecule has 0 saturated heterocycles. The number of nitrogens with one attached hydrogen (secondary N) is 1. The SMILES string of the molecule is CC\C=C/C=C/C=C/C=C\C=C\C=C\CCCCCC(=O)OC(CCCC/C=C/C/C=C/C/C=C/CC)CC(=O)NC(CO)C(O)CCCCCCCCCCCCCC. The summed E-state index contributed by atoms with van der Waals surface area (Å²) in [5.41, 5.74) is 0. The van der Waals surface area contributed by atoms with E-state index >= 15 is 0 Å². The van der Waals surface area contributed by atoms with Crippen molar-refractivity contribution in [1.82, 2.24) is 5.32 Å². The molecule has 0 aromatic rings. The van der Waals surface area contributed by atoms with Crippen LogP contribution in [0.25, 0.3) is 0 Å². The molecule has 0 radical (unpaired) electrons. The number of amides is 1. The molecule has 6 nitrogen and oxygen atoms in total. The number of aliphatic hydroxyl groups is 2. The predicted octanol–water partition coefficient (Wildman–Crippen LogP) is 14.3. The first-order valence-electron chi connectivity index (χ1n) is 24.2. The Labute approximate surface area is 368 Å². The summed E-state index contributed by atoms with van der Waals surface area (Å²) in [4.78, 5) is 26.1. The molecule has 0 rings (SSSR count). The first kappa shape index (κ1) is 56.5. The van der Waals surface area contributed by atoms with Gasteiger partial charge in [-0.1, -0.05) is 214 Å². The fraction of sp³-hybridized carbons (Fsp3) is 0.630. The van der Waals surface area contributed by atoms with Gasteiger partial charge in [-0.05, 0) is 77.0 Å². The van der Waals surface area contributed by atoms with Crippen LogP contribution in [0, 0.1) is 0 Å². The van der Waals surface area contributed by atoms with Gasteiger partial charge in [0.05, 0.1) is 25.2 Å². The van der Waals surface area contributed by atoms with Crippen LogP contribution in [-0.4, -0.2) is 46.9 Å². The number of carbonyl (C=O) groups excluding carboxylic acids is 2. The van der Waals surface area contributed by atoms with Crippen LogP contribution in [0.2, 0.25) is 0 Å². The highest BCUT2D eigenvalue weighted by molar-refractivity contribution is 5.77. The number of ether oxygens (including phenoxy) is 1. The molecule has 3 unspecified atom stereocenters. The summed E-state index contributed by atoms with van der Waals surface area (Å²) in [5, 5.41) is 23.7. The van der Waals surface area contributed by atoms with Crippen LogP contribution in [0.3, 0.4) is 0 Å². The zero-order chi connectivity index (χ0) is 43.8. The number of esters is 1. The molecule has 0 bridgehead atoms. The van der Waals surface area contributed by atoms with E-state index in [0.717, 1.165) is 89.9 Å².